The second-order valence-corrected chi connectivity index (χ2v) is 2.13. The molecule has 0 bridgehead atoms. The normalized spacial score (nSPS) is 23.5. The van der Waals surface area contributed by atoms with E-state index in [4.69, 9.17) is 10.3 Å². The third kappa shape index (κ3) is 1.01. The van der Waals surface area contributed by atoms with E-state index in [9.17, 15) is 4.79 Å². The Bertz CT molecular complexity index is 236. The van der Waals surface area contributed by atoms with Gasteiger partial charge < -0.3 is 14.6 Å². The first kappa shape index (κ1) is 8.82. The predicted molar refractivity (Wildman–Crippen MR) is 35.7 cm³/mol. The first-order valence-corrected chi connectivity index (χ1v) is 3.16. The number of aliphatic hydroxyl groups excluding tert-OH is 1. The van der Waals surface area contributed by atoms with Crippen molar-refractivity contribution in [3.63, 3.8) is 0 Å². The molecule has 1 rings (SSSR count). The summed E-state index contributed by atoms with van der Waals surface area (Å²) >= 11 is 0. The van der Waals surface area contributed by atoms with Crippen molar-refractivity contribution >= 4 is 5.91 Å². The fraction of sp³-hybridized carbons (Fsp3) is 0.500. The number of aliphatic hydroxyl groups is 1. The van der Waals surface area contributed by atoms with Gasteiger partial charge in [-0.05, 0) is 0 Å². The molecule has 1 aliphatic heterocycles. The maximum atomic E-state index is 11.0. The zero-order chi connectivity index (χ0) is 9.30. The summed E-state index contributed by atoms with van der Waals surface area (Å²) in [6.45, 7) is 0. The van der Waals surface area contributed by atoms with Gasteiger partial charge in [0.05, 0.1) is 14.2 Å². The minimum absolute atomic E-state index is 0.0926. The van der Waals surface area contributed by atoms with Crippen LogP contribution in [0.2, 0.25) is 0 Å². The summed E-state index contributed by atoms with van der Waals surface area (Å²) in [5.41, 5.74) is 0. The largest absolute Gasteiger partial charge is 0.493 e. The lowest BCUT2D eigenvalue weighted by atomic mass is 10.4. The van der Waals surface area contributed by atoms with Crippen molar-refractivity contribution in [2.75, 3.05) is 14.2 Å². The van der Waals surface area contributed by atoms with Gasteiger partial charge >= 0.3 is 5.91 Å². The molecule has 1 heterocycles. The van der Waals surface area contributed by atoms with E-state index in [2.05, 4.69) is 9.47 Å². The van der Waals surface area contributed by atoms with Crippen molar-refractivity contribution < 1.29 is 24.6 Å². The number of amides is 1. The molecule has 2 N–H and O–H groups in total. The Labute approximate surface area is 68.6 Å². The van der Waals surface area contributed by atoms with E-state index in [-0.39, 0.29) is 16.6 Å². The van der Waals surface area contributed by atoms with Gasteiger partial charge in [-0.1, -0.05) is 0 Å². The Kier molecular flexibility index (Phi) is 2.20. The molecule has 1 atom stereocenters. The fourth-order valence-electron chi connectivity index (χ4n) is 0.935. The number of nitrogens with zero attached hydrogens (tertiary/aromatic N) is 1. The van der Waals surface area contributed by atoms with Gasteiger partial charge in [-0.3, -0.25) is 10.0 Å². The number of rotatable bonds is 2. The maximum Gasteiger partial charge on any atom is 0.318 e. The molecule has 68 valence electrons. The molecule has 6 nitrogen and oxygen atoms in total. The van der Waals surface area contributed by atoms with Gasteiger partial charge in [-0.2, -0.15) is 5.06 Å². The molecule has 0 aliphatic carbocycles. The Hall–Kier alpha value is -1.27. The summed E-state index contributed by atoms with van der Waals surface area (Å²) in [4.78, 5) is 11.0. The first-order chi connectivity index (χ1) is 5.63. The van der Waals surface area contributed by atoms with E-state index >= 15 is 0 Å². The molecule has 0 aromatic rings. The standard InChI is InChI=1S/C6H9NO5/c1-11-3-4(12-2)6(9)7(10)5(3)8/h5,8,10H,1-2H3. The molecular formula is C6H9NO5. The van der Waals surface area contributed by atoms with Crippen LogP contribution in [0.4, 0.5) is 0 Å². The van der Waals surface area contributed by atoms with Crippen molar-refractivity contribution in [2.24, 2.45) is 0 Å². The summed E-state index contributed by atoms with van der Waals surface area (Å²) < 4.78 is 9.26. The van der Waals surface area contributed by atoms with Crippen LogP contribution in [0.15, 0.2) is 11.5 Å². The Morgan fingerprint density at radius 1 is 1.42 bits per heavy atom. The molecule has 0 radical (unpaired) electrons. The number of hydrogen-bond acceptors (Lipinski definition) is 5. The molecule has 12 heavy (non-hydrogen) atoms. The quantitative estimate of drug-likeness (QED) is 0.528. The van der Waals surface area contributed by atoms with Crippen LogP contribution in [0.1, 0.15) is 0 Å². The zero-order valence-corrected chi connectivity index (χ0v) is 6.64. The van der Waals surface area contributed by atoms with Crippen molar-refractivity contribution in [3.8, 4) is 0 Å². The number of hydroxylamine groups is 2. The third-order valence-corrected chi connectivity index (χ3v) is 1.52. The number of methoxy groups -OCH3 is 2. The molecular weight excluding hydrogens is 166 g/mol. The SMILES string of the molecule is COC1=C(OC)C(O)N(O)C1=O. The van der Waals surface area contributed by atoms with Gasteiger partial charge in [0.25, 0.3) is 0 Å². The van der Waals surface area contributed by atoms with E-state index in [0.29, 0.717) is 0 Å². The third-order valence-electron chi connectivity index (χ3n) is 1.52. The number of carbonyl (C=O) groups is 1. The van der Waals surface area contributed by atoms with Crippen molar-refractivity contribution in [1.29, 1.82) is 0 Å². The van der Waals surface area contributed by atoms with Crippen LogP contribution in [-0.4, -0.2) is 41.7 Å². The average Bonchev–Trinajstić information content (AvgIpc) is 2.29. The van der Waals surface area contributed by atoms with Crippen LogP contribution in [0.3, 0.4) is 0 Å². The molecule has 0 fully saturated rings. The Balaban J connectivity index is 3.01. The van der Waals surface area contributed by atoms with Crippen LogP contribution in [-0.2, 0) is 14.3 Å². The van der Waals surface area contributed by atoms with Gasteiger partial charge in [-0.15, -0.1) is 0 Å². The van der Waals surface area contributed by atoms with E-state index in [1.54, 1.807) is 0 Å². The maximum absolute atomic E-state index is 11.0. The van der Waals surface area contributed by atoms with Crippen LogP contribution in [0.5, 0.6) is 0 Å². The van der Waals surface area contributed by atoms with Crippen molar-refractivity contribution in [3.05, 3.63) is 11.5 Å². The molecule has 0 saturated heterocycles. The highest BCUT2D eigenvalue weighted by atomic mass is 16.6. The van der Waals surface area contributed by atoms with E-state index < -0.39 is 12.1 Å². The first-order valence-electron chi connectivity index (χ1n) is 3.16. The van der Waals surface area contributed by atoms with Gasteiger partial charge in [-0.25, -0.2) is 0 Å². The Morgan fingerprint density at radius 2 is 2.00 bits per heavy atom. The number of hydrogen-bond donors (Lipinski definition) is 2. The second-order valence-electron chi connectivity index (χ2n) is 2.13. The van der Waals surface area contributed by atoms with Gasteiger partial charge in [0.2, 0.25) is 12.0 Å². The van der Waals surface area contributed by atoms with Crippen molar-refractivity contribution in [1.82, 2.24) is 5.06 Å². The molecule has 0 saturated carbocycles. The van der Waals surface area contributed by atoms with Crippen LogP contribution in [0.25, 0.3) is 0 Å². The molecule has 1 unspecified atom stereocenters. The van der Waals surface area contributed by atoms with E-state index in [1.165, 1.54) is 14.2 Å². The lowest BCUT2D eigenvalue weighted by molar-refractivity contribution is -0.192. The minimum atomic E-state index is -1.47. The monoisotopic (exact) mass is 175 g/mol. The van der Waals surface area contributed by atoms with Crippen molar-refractivity contribution in [2.45, 2.75) is 6.23 Å². The fourth-order valence-corrected chi connectivity index (χ4v) is 0.935. The van der Waals surface area contributed by atoms with E-state index in [1.807, 2.05) is 0 Å². The number of ether oxygens (including phenoxy) is 2. The van der Waals surface area contributed by atoms with Crippen LogP contribution < -0.4 is 0 Å². The highest BCUT2D eigenvalue weighted by Gasteiger charge is 2.40. The summed E-state index contributed by atoms with van der Waals surface area (Å²) in [5.74, 6) is -1.10. The van der Waals surface area contributed by atoms with Gasteiger partial charge in [0, 0.05) is 0 Å². The van der Waals surface area contributed by atoms with Crippen LogP contribution >= 0.6 is 0 Å². The predicted octanol–water partition coefficient (Wildman–Crippen LogP) is -0.959. The van der Waals surface area contributed by atoms with Gasteiger partial charge in [0.1, 0.15) is 0 Å². The van der Waals surface area contributed by atoms with Gasteiger partial charge in [0.15, 0.2) is 5.76 Å². The molecule has 1 amide bonds. The second kappa shape index (κ2) is 3.00. The summed E-state index contributed by atoms with van der Waals surface area (Å²) in [5, 5.41) is 18.2. The molecule has 6 heteroatoms. The van der Waals surface area contributed by atoms with E-state index in [0.717, 1.165) is 0 Å². The zero-order valence-electron chi connectivity index (χ0n) is 6.64. The summed E-state index contributed by atoms with van der Waals surface area (Å²) in [7, 11) is 2.52. The summed E-state index contributed by atoms with van der Waals surface area (Å²) in [6, 6.07) is 0. The smallest absolute Gasteiger partial charge is 0.318 e. The minimum Gasteiger partial charge on any atom is -0.493 e. The average molecular weight is 175 g/mol. The molecule has 0 aromatic heterocycles. The molecule has 1 aliphatic rings. The highest BCUT2D eigenvalue weighted by Crippen LogP contribution is 2.23. The summed E-state index contributed by atoms with van der Waals surface area (Å²) in [6.07, 6.45) is -1.47. The highest BCUT2D eigenvalue weighted by molar-refractivity contribution is 5.94. The molecule has 0 aromatic carbocycles. The topological polar surface area (TPSA) is 79.2 Å². The lowest BCUT2D eigenvalue weighted by Gasteiger charge is -2.12. The molecule has 0 spiro atoms. The number of carbonyl (C=O) groups excluding carboxylic acids is 1. The lowest BCUT2D eigenvalue weighted by Crippen LogP contribution is -2.32. The Morgan fingerprint density at radius 3 is 2.33 bits per heavy atom. The van der Waals surface area contributed by atoms with Crippen LogP contribution in [0, 0.1) is 0 Å².